The Morgan fingerprint density at radius 3 is 2.70 bits per heavy atom. The van der Waals surface area contributed by atoms with Gasteiger partial charge in [0.05, 0.1) is 17.6 Å². The van der Waals surface area contributed by atoms with Gasteiger partial charge < -0.3 is 14.7 Å². The topological polar surface area (TPSA) is 66.8 Å². The van der Waals surface area contributed by atoms with Crippen LogP contribution >= 0.6 is 0 Å². The van der Waals surface area contributed by atoms with Gasteiger partial charge >= 0.3 is 5.97 Å². The number of nitrogens with zero attached hydrogens (tertiary/aromatic N) is 1. The van der Waals surface area contributed by atoms with Crippen LogP contribution in [0.2, 0.25) is 0 Å². The van der Waals surface area contributed by atoms with Gasteiger partial charge in [-0.15, -0.1) is 0 Å². The van der Waals surface area contributed by atoms with Gasteiger partial charge in [0.1, 0.15) is 5.75 Å². The van der Waals surface area contributed by atoms with Crippen LogP contribution in [0.1, 0.15) is 30.6 Å². The van der Waals surface area contributed by atoms with Crippen LogP contribution in [0, 0.1) is 5.41 Å². The van der Waals surface area contributed by atoms with Crippen molar-refractivity contribution in [2.75, 3.05) is 19.7 Å². The minimum absolute atomic E-state index is 0.168. The Morgan fingerprint density at radius 2 is 2.10 bits per heavy atom. The van der Waals surface area contributed by atoms with Gasteiger partial charge in [-0.1, -0.05) is 12.1 Å². The molecule has 1 aliphatic rings. The Hall–Kier alpha value is -2.04. The van der Waals surface area contributed by atoms with E-state index in [1.807, 2.05) is 13.0 Å². The van der Waals surface area contributed by atoms with E-state index in [1.165, 1.54) is 0 Å². The highest BCUT2D eigenvalue weighted by atomic mass is 16.5. The first-order chi connectivity index (χ1) is 9.48. The molecule has 1 amide bonds. The van der Waals surface area contributed by atoms with Gasteiger partial charge in [-0.2, -0.15) is 0 Å². The largest absolute Gasteiger partial charge is 0.493 e. The van der Waals surface area contributed by atoms with Crippen LogP contribution in [0.15, 0.2) is 24.3 Å². The molecule has 0 unspecified atom stereocenters. The Bertz CT molecular complexity index is 528. The SMILES string of the molecule is CCOc1ccccc1C(=O)N1CC[C@@](C)(C(=O)O)C1. The van der Waals surface area contributed by atoms with Crippen molar-refractivity contribution in [2.45, 2.75) is 20.3 Å². The van der Waals surface area contributed by atoms with Gasteiger partial charge in [0.25, 0.3) is 5.91 Å². The first-order valence-electron chi connectivity index (χ1n) is 6.72. The predicted molar refractivity (Wildman–Crippen MR) is 73.9 cm³/mol. The Labute approximate surface area is 118 Å². The number of hydrogen-bond donors (Lipinski definition) is 1. The summed E-state index contributed by atoms with van der Waals surface area (Å²) >= 11 is 0. The van der Waals surface area contributed by atoms with E-state index >= 15 is 0 Å². The molecule has 0 spiro atoms. The summed E-state index contributed by atoms with van der Waals surface area (Å²) < 4.78 is 5.45. The quantitative estimate of drug-likeness (QED) is 0.914. The molecule has 20 heavy (non-hydrogen) atoms. The van der Waals surface area contributed by atoms with Gasteiger partial charge in [0.2, 0.25) is 0 Å². The number of carboxylic acid groups (broad SMARTS) is 1. The molecule has 1 saturated heterocycles. The number of benzene rings is 1. The average molecular weight is 277 g/mol. The van der Waals surface area contributed by atoms with E-state index in [-0.39, 0.29) is 12.5 Å². The molecule has 0 bridgehead atoms. The molecular weight excluding hydrogens is 258 g/mol. The number of para-hydroxylation sites is 1. The number of ether oxygens (including phenoxy) is 1. The molecule has 1 aromatic carbocycles. The monoisotopic (exact) mass is 277 g/mol. The first-order valence-corrected chi connectivity index (χ1v) is 6.72. The van der Waals surface area contributed by atoms with Crippen molar-refractivity contribution in [2.24, 2.45) is 5.41 Å². The molecule has 0 radical (unpaired) electrons. The molecular formula is C15H19NO4. The number of rotatable bonds is 4. The highest BCUT2D eigenvalue weighted by Gasteiger charge is 2.42. The van der Waals surface area contributed by atoms with E-state index in [4.69, 9.17) is 4.74 Å². The van der Waals surface area contributed by atoms with Crippen LogP contribution in [0.25, 0.3) is 0 Å². The molecule has 0 saturated carbocycles. The maximum Gasteiger partial charge on any atom is 0.311 e. The minimum Gasteiger partial charge on any atom is -0.493 e. The number of carboxylic acids is 1. The lowest BCUT2D eigenvalue weighted by Crippen LogP contribution is -2.35. The molecule has 1 N–H and O–H groups in total. The van der Waals surface area contributed by atoms with Gasteiger partial charge in [-0.25, -0.2) is 0 Å². The molecule has 0 aromatic heterocycles. The zero-order valence-corrected chi connectivity index (χ0v) is 11.8. The fourth-order valence-electron chi connectivity index (χ4n) is 2.40. The Morgan fingerprint density at radius 1 is 1.40 bits per heavy atom. The number of amides is 1. The summed E-state index contributed by atoms with van der Waals surface area (Å²) in [5, 5.41) is 9.22. The van der Waals surface area contributed by atoms with E-state index in [9.17, 15) is 14.7 Å². The van der Waals surface area contributed by atoms with Crippen molar-refractivity contribution in [1.82, 2.24) is 4.90 Å². The number of carbonyl (C=O) groups excluding carboxylic acids is 1. The second-order valence-corrected chi connectivity index (χ2v) is 5.27. The average Bonchev–Trinajstić information content (AvgIpc) is 2.83. The molecule has 5 nitrogen and oxygen atoms in total. The standard InChI is InChI=1S/C15H19NO4/c1-3-20-12-7-5-4-6-11(12)13(17)16-9-8-15(2,10-16)14(18)19/h4-7H,3,8-10H2,1-2H3,(H,18,19)/t15-/m1/s1. The minimum atomic E-state index is -0.856. The lowest BCUT2D eigenvalue weighted by molar-refractivity contribution is -0.147. The zero-order chi connectivity index (χ0) is 14.8. The van der Waals surface area contributed by atoms with Crippen molar-refractivity contribution in [3.05, 3.63) is 29.8 Å². The summed E-state index contributed by atoms with van der Waals surface area (Å²) in [7, 11) is 0. The number of likely N-dealkylation sites (tertiary alicyclic amines) is 1. The Balaban J connectivity index is 2.19. The second kappa shape index (κ2) is 5.53. The lowest BCUT2D eigenvalue weighted by Gasteiger charge is -2.21. The van der Waals surface area contributed by atoms with Crippen LogP contribution < -0.4 is 4.74 Å². The third-order valence-corrected chi connectivity index (χ3v) is 3.69. The summed E-state index contributed by atoms with van der Waals surface area (Å²) in [6, 6.07) is 7.06. The van der Waals surface area contributed by atoms with Crippen molar-refractivity contribution in [3.63, 3.8) is 0 Å². The summed E-state index contributed by atoms with van der Waals surface area (Å²) in [5.41, 5.74) is -0.361. The second-order valence-electron chi connectivity index (χ2n) is 5.27. The van der Waals surface area contributed by atoms with Crippen molar-refractivity contribution in [1.29, 1.82) is 0 Å². The summed E-state index contributed by atoms with van der Waals surface area (Å²) in [6.07, 6.45) is 0.477. The van der Waals surface area contributed by atoms with E-state index < -0.39 is 11.4 Å². The van der Waals surface area contributed by atoms with E-state index in [2.05, 4.69) is 0 Å². The first kappa shape index (κ1) is 14.4. The molecule has 108 valence electrons. The van der Waals surface area contributed by atoms with Crippen LogP contribution in [0.5, 0.6) is 5.75 Å². The highest BCUT2D eigenvalue weighted by molar-refractivity contribution is 5.97. The maximum atomic E-state index is 12.5. The highest BCUT2D eigenvalue weighted by Crippen LogP contribution is 2.32. The van der Waals surface area contributed by atoms with Gasteiger partial charge in [-0.05, 0) is 32.4 Å². The number of carbonyl (C=O) groups is 2. The molecule has 1 fully saturated rings. The lowest BCUT2D eigenvalue weighted by atomic mass is 9.90. The molecule has 1 atom stereocenters. The third kappa shape index (κ3) is 2.61. The van der Waals surface area contributed by atoms with E-state index in [1.54, 1.807) is 30.0 Å². The third-order valence-electron chi connectivity index (χ3n) is 3.69. The van der Waals surface area contributed by atoms with Gasteiger partial charge in [0, 0.05) is 13.1 Å². The predicted octanol–water partition coefficient (Wildman–Crippen LogP) is 2.02. The molecule has 1 heterocycles. The summed E-state index contributed by atoms with van der Waals surface area (Å²) in [6.45, 7) is 4.72. The van der Waals surface area contributed by atoms with Gasteiger partial charge in [0.15, 0.2) is 0 Å². The fourth-order valence-corrected chi connectivity index (χ4v) is 2.40. The van der Waals surface area contributed by atoms with E-state index in [0.29, 0.717) is 30.9 Å². The van der Waals surface area contributed by atoms with Crippen LogP contribution in [0.3, 0.4) is 0 Å². The van der Waals surface area contributed by atoms with Crippen molar-refractivity contribution < 1.29 is 19.4 Å². The molecule has 2 rings (SSSR count). The zero-order valence-electron chi connectivity index (χ0n) is 11.8. The smallest absolute Gasteiger partial charge is 0.311 e. The fraction of sp³-hybridized carbons (Fsp3) is 0.467. The normalized spacial score (nSPS) is 21.8. The number of hydrogen-bond acceptors (Lipinski definition) is 3. The Kier molecular flexibility index (Phi) is 3.97. The van der Waals surface area contributed by atoms with Crippen LogP contribution in [-0.4, -0.2) is 41.6 Å². The molecule has 1 aromatic rings. The van der Waals surface area contributed by atoms with E-state index in [0.717, 1.165) is 0 Å². The molecule has 1 aliphatic heterocycles. The summed E-state index contributed by atoms with van der Waals surface area (Å²) in [5.74, 6) is -0.478. The van der Waals surface area contributed by atoms with Crippen LogP contribution in [-0.2, 0) is 4.79 Å². The van der Waals surface area contributed by atoms with Crippen molar-refractivity contribution >= 4 is 11.9 Å². The molecule has 5 heteroatoms. The molecule has 0 aliphatic carbocycles. The maximum absolute atomic E-state index is 12.5. The number of aliphatic carboxylic acids is 1. The van der Waals surface area contributed by atoms with Gasteiger partial charge in [-0.3, -0.25) is 9.59 Å². The van der Waals surface area contributed by atoms with Crippen molar-refractivity contribution in [3.8, 4) is 5.75 Å². The van der Waals surface area contributed by atoms with Crippen LogP contribution in [0.4, 0.5) is 0 Å². The summed E-state index contributed by atoms with van der Waals surface area (Å²) in [4.78, 5) is 25.3.